The van der Waals surface area contributed by atoms with Crippen molar-refractivity contribution in [3.05, 3.63) is 24.3 Å². The van der Waals surface area contributed by atoms with Crippen molar-refractivity contribution < 1.29 is 19.4 Å². The number of carboxylic acids is 1. The molecule has 1 unspecified atom stereocenters. The van der Waals surface area contributed by atoms with Gasteiger partial charge in [0.15, 0.2) is 6.10 Å². The lowest BCUT2D eigenvalue weighted by Crippen LogP contribution is -2.49. The van der Waals surface area contributed by atoms with Crippen molar-refractivity contribution in [2.75, 3.05) is 43.6 Å². The second-order valence-corrected chi connectivity index (χ2v) is 4.81. The molecular formula is C14H19N3O4. The maximum Gasteiger partial charge on any atom is 0.334 e. The lowest BCUT2D eigenvalue weighted by Gasteiger charge is -2.35. The van der Waals surface area contributed by atoms with E-state index in [0.29, 0.717) is 6.54 Å². The maximum absolute atomic E-state index is 12.3. The molecular weight excluding hydrogens is 274 g/mol. The van der Waals surface area contributed by atoms with E-state index >= 15 is 0 Å². The summed E-state index contributed by atoms with van der Waals surface area (Å²) in [5, 5.41) is 11.5. The number of nitrogens with one attached hydrogen (secondary N) is 1. The number of amides is 2. The number of nitrogens with zero attached hydrogens (tertiary/aromatic N) is 2. The quantitative estimate of drug-likeness (QED) is 0.856. The van der Waals surface area contributed by atoms with Crippen molar-refractivity contribution >= 4 is 23.4 Å². The molecule has 0 spiro atoms. The summed E-state index contributed by atoms with van der Waals surface area (Å²) in [5.74, 6) is -1.10. The Balaban J connectivity index is 2.07. The van der Waals surface area contributed by atoms with Crippen molar-refractivity contribution in [1.29, 1.82) is 0 Å². The molecule has 2 rings (SSSR count). The average molecular weight is 293 g/mol. The molecule has 0 saturated carbocycles. The fraction of sp³-hybridized carbons (Fsp3) is 0.429. The second-order valence-electron chi connectivity index (χ2n) is 4.81. The third-order valence-corrected chi connectivity index (χ3v) is 3.49. The van der Waals surface area contributed by atoms with Crippen molar-refractivity contribution in [3.8, 4) is 0 Å². The third-order valence-electron chi connectivity index (χ3n) is 3.49. The van der Waals surface area contributed by atoms with Crippen LogP contribution in [0.3, 0.4) is 0 Å². The zero-order valence-electron chi connectivity index (χ0n) is 12.1. The highest BCUT2D eigenvalue weighted by Gasteiger charge is 2.26. The van der Waals surface area contributed by atoms with Gasteiger partial charge in [-0.1, -0.05) is 12.1 Å². The molecule has 1 atom stereocenters. The Labute approximate surface area is 123 Å². The number of para-hydroxylation sites is 2. The standard InChI is InChI=1S/C14H19N3O4/c1-16-7-8-17(11-6-4-3-5-10(11)16)14(20)15-9-12(21-2)13(18)19/h3-6,12H,7-9H2,1-2H3,(H,15,20)(H,18,19). The number of carboxylic acid groups (broad SMARTS) is 1. The monoisotopic (exact) mass is 293 g/mol. The average Bonchev–Trinajstić information content (AvgIpc) is 2.48. The van der Waals surface area contributed by atoms with Gasteiger partial charge in [-0.05, 0) is 12.1 Å². The number of benzene rings is 1. The Morgan fingerprint density at radius 2 is 2.00 bits per heavy atom. The number of carbonyl (C=O) groups is 2. The largest absolute Gasteiger partial charge is 0.479 e. The fourth-order valence-corrected chi connectivity index (χ4v) is 2.26. The molecule has 1 aromatic carbocycles. The van der Waals surface area contributed by atoms with E-state index < -0.39 is 12.1 Å². The number of carbonyl (C=O) groups excluding carboxylic acids is 1. The van der Waals surface area contributed by atoms with Crippen molar-refractivity contribution in [2.24, 2.45) is 0 Å². The van der Waals surface area contributed by atoms with Crippen LogP contribution in [0.4, 0.5) is 16.2 Å². The molecule has 7 heteroatoms. The maximum atomic E-state index is 12.3. The summed E-state index contributed by atoms with van der Waals surface area (Å²) in [6, 6.07) is 7.29. The van der Waals surface area contributed by atoms with Gasteiger partial charge in [0, 0.05) is 27.2 Å². The summed E-state index contributed by atoms with van der Waals surface area (Å²) >= 11 is 0. The Bertz CT molecular complexity index is 535. The SMILES string of the molecule is COC(CNC(=O)N1CCN(C)c2ccccc21)C(=O)O. The van der Waals surface area contributed by atoms with Gasteiger partial charge >= 0.3 is 12.0 Å². The fourth-order valence-electron chi connectivity index (χ4n) is 2.26. The smallest absolute Gasteiger partial charge is 0.334 e. The van der Waals surface area contributed by atoms with Gasteiger partial charge in [0.2, 0.25) is 0 Å². The van der Waals surface area contributed by atoms with Gasteiger partial charge in [0.1, 0.15) is 0 Å². The lowest BCUT2D eigenvalue weighted by atomic mass is 10.2. The van der Waals surface area contributed by atoms with E-state index in [9.17, 15) is 9.59 Å². The molecule has 1 aliphatic rings. The minimum absolute atomic E-state index is 0.0703. The molecule has 0 saturated heterocycles. The Morgan fingerprint density at radius 3 is 2.62 bits per heavy atom. The molecule has 2 N–H and O–H groups in total. The van der Waals surface area contributed by atoms with Gasteiger partial charge in [-0.3, -0.25) is 4.90 Å². The third kappa shape index (κ3) is 3.25. The number of anilines is 2. The molecule has 2 amide bonds. The molecule has 0 aliphatic carbocycles. The number of likely N-dealkylation sites (N-methyl/N-ethyl adjacent to an activating group) is 1. The van der Waals surface area contributed by atoms with E-state index in [1.54, 1.807) is 4.90 Å². The van der Waals surface area contributed by atoms with Crippen LogP contribution in [0.25, 0.3) is 0 Å². The zero-order chi connectivity index (χ0) is 15.4. The molecule has 0 bridgehead atoms. The van der Waals surface area contributed by atoms with Crippen LogP contribution < -0.4 is 15.1 Å². The summed E-state index contributed by atoms with van der Waals surface area (Å²) in [7, 11) is 3.27. The van der Waals surface area contributed by atoms with Crippen LogP contribution >= 0.6 is 0 Å². The summed E-state index contributed by atoms with van der Waals surface area (Å²) < 4.78 is 4.79. The van der Waals surface area contributed by atoms with E-state index in [1.165, 1.54) is 7.11 Å². The van der Waals surface area contributed by atoms with E-state index in [2.05, 4.69) is 10.2 Å². The highest BCUT2D eigenvalue weighted by Crippen LogP contribution is 2.31. The number of fused-ring (bicyclic) bond motifs is 1. The minimum Gasteiger partial charge on any atom is -0.479 e. The van der Waals surface area contributed by atoms with Crippen LogP contribution in [0, 0.1) is 0 Å². The van der Waals surface area contributed by atoms with Crippen molar-refractivity contribution in [1.82, 2.24) is 5.32 Å². The topological polar surface area (TPSA) is 82.1 Å². The number of hydrogen-bond donors (Lipinski definition) is 2. The molecule has 21 heavy (non-hydrogen) atoms. The van der Waals surface area contributed by atoms with E-state index in [1.807, 2.05) is 31.3 Å². The Hall–Kier alpha value is -2.28. The van der Waals surface area contributed by atoms with Gasteiger partial charge in [0.25, 0.3) is 0 Å². The minimum atomic E-state index is -1.10. The number of methoxy groups -OCH3 is 1. The molecule has 1 aliphatic heterocycles. The highest BCUT2D eigenvalue weighted by molar-refractivity contribution is 5.97. The molecule has 114 valence electrons. The van der Waals surface area contributed by atoms with Gasteiger partial charge in [0.05, 0.1) is 17.9 Å². The van der Waals surface area contributed by atoms with E-state index in [4.69, 9.17) is 9.84 Å². The molecule has 1 aromatic rings. The summed E-state index contributed by atoms with van der Waals surface area (Å²) in [4.78, 5) is 26.8. The van der Waals surface area contributed by atoms with E-state index in [-0.39, 0.29) is 12.6 Å². The van der Waals surface area contributed by atoms with Crippen LogP contribution in [0.5, 0.6) is 0 Å². The second kappa shape index (κ2) is 6.45. The van der Waals surface area contributed by atoms with Crippen molar-refractivity contribution in [2.45, 2.75) is 6.10 Å². The molecule has 0 aromatic heterocycles. The first-order valence-corrected chi connectivity index (χ1v) is 6.65. The van der Waals surface area contributed by atoms with Crippen LogP contribution in [-0.4, -0.2) is 57.0 Å². The Morgan fingerprint density at radius 1 is 1.33 bits per heavy atom. The molecule has 0 radical (unpaired) electrons. The molecule has 7 nitrogen and oxygen atoms in total. The van der Waals surface area contributed by atoms with Gasteiger partial charge in [-0.25, -0.2) is 9.59 Å². The number of aliphatic carboxylic acids is 1. The zero-order valence-corrected chi connectivity index (χ0v) is 12.1. The first kappa shape index (κ1) is 15.1. The van der Waals surface area contributed by atoms with Crippen LogP contribution in [0.1, 0.15) is 0 Å². The van der Waals surface area contributed by atoms with E-state index in [0.717, 1.165) is 17.9 Å². The number of ether oxygens (including phenoxy) is 1. The highest BCUT2D eigenvalue weighted by atomic mass is 16.5. The summed E-state index contributed by atoms with van der Waals surface area (Å²) in [5.41, 5.74) is 1.79. The number of urea groups is 1. The number of hydrogen-bond acceptors (Lipinski definition) is 4. The van der Waals surface area contributed by atoms with Crippen LogP contribution in [0.2, 0.25) is 0 Å². The molecule has 1 heterocycles. The summed E-state index contributed by atoms with van der Waals surface area (Å²) in [6.07, 6.45) is -1.04. The first-order chi connectivity index (χ1) is 10.0. The molecule has 0 fully saturated rings. The van der Waals surface area contributed by atoms with Crippen LogP contribution in [-0.2, 0) is 9.53 Å². The first-order valence-electron chi connectivity index (χ1n) is 6.65. The number of rotatable bonds is 4. The lowest BCUT2D eigenvalue weighted by molar-refractivity contribution is -0.147. The van der Waals surface area contributed by atoms with Crippen molar-refractivity contribution in [3.63, 3.8) is 0 Å². The van der Waals surface area contributed by atoms with Crippen LogP contribution in [0.15, 0.2) is 24.3 Å². The van der Waals surface area contributed by atoms with Gasteiger partial charge < -0.3 is 20.1 Å². The van der Waals surface area contributed by atoms with Gasteiger partial charge in [-0.15, -0.1) is 0 Å². The summed E-state index contributed by atoms with van der Waals surface area (Å²) in [6.45, 7) is 1.19. The Kier molecular flexibility index (Phi) is 4.64. The predicted molar refractivity (Wildman–Crippen MR) is 78.9 cm³/mol. The predicted octanol–water partition coefficient (Wildman–Crippen LogP) is 0.752. The normalized spacial score (nSPS) is 15.3. The van der Waals surface area contributed by atoms with Gasteiger partial charge in [-0.2, -0.15) is 0 Å².